The number of rotatable bonds is 11. The van der Waals surface area contributed by atoms with Crippen LogP contribution in [-0.4, -0.2) is 63.3 Å². The SMILES string of the molecule is CCCCN(CC(=O)NCCCOC)CC1CCCN1. The number of amides is 1. The molecule has 0 spiro atoms. The van der Waals surface area contributed by atoms with Crippen LogP contribution in [0.25, 0.3) is 0 Å². The Kier molecular flexibility index (Phi) is 9.62. The molecule has 1 aliphatic rings. The number of hydrogen-bond donors (Lipinski definition) is 2. The summed E-state index contributed by atoms with van der Waals surface area (Å²) in [4.78, 5) is 14.2. The van der Waals surface area contributed by atoms with Gasteiger partial charge in [-0.2, -0.15) is 0 Å². The van der Waals surface area contributed by atoms with Gasteiger partial charge in [-0.15, -0.1) is 0 Å². The van der Waals surface area contributed by atoms with E-state index in [4.69, 9.17) is 4.74 Å². The van der Waals surface area contributed by atoms with Gasteiger partial charge in [0.25, 0.3) is 0 Å². The van der Waals surface area contributed by atoms with Gasteiger partial charge in [-0.25, -0.2) is 0 Å². The molecule has 5 nitrogen and oxygen atoms in total. The van der Waals surface area contributed by atoms with Crippen molar-refractivity contribution in [2.24, 2.45) is 0 Å². The van der Waals surface area contributed by atoms with Gasteiger partial charge >= 0.3 is 0 Å². The molecule has 20 heavy (non-hydrogen) atoms. The molecule has 1 aliphatic heterocycles. The number of nitrogens with zero attached hydrogens (tertiary/aromatic N) is 1. The lowest BCUT2D eigenvalue weighted by atomic mass is 10.2. The molecule has 1 saturated heterocycles. The van der Waals surface area contributed by atoms with E-state index in [9.17, 15) is 4.79 Å². The molecule has 5 heteroatoms. The van der Waals surface area contributed by atoms with Crippen LogP contribution in [0.4, 0.5) is 0 Å². The fourth-order valence-electron chi connectivity index (χ4n) is 2.54. The lowest BCUT2D eigenvalue weighted by Crippen LogP contribution is -2.43. The van der Waals surface area contributed by atoms with E-state index >= 15 is 0 Å². The summed E-state index contributed by atoms with van der Waals surface area (Å²) >= 11 is 0. The standard InChI is InChI=1S/C15H31N3O2/c1-3-4-10-18(12-14-7-5-8-16-14)13-15(19)17-9-6-11-20-2/h14,16H,3-13H2,1-2H3,(H,17,19). The molecule has 1 amide bonds. The van der Waals surface area contributed by atoms with E-state index in [1.165, 1.54) is 19.3 Å². The van der Waals surface area contributed by atoms with Crippen molar-refractivity contribution in [2.45, 2.75) is 45.1 Å². The Morgan fingerprint density at radius 3 is 2.95 bits per heavy atom. The summed E-state index contributed by atoms with van der Waals surface area (Å²) in [5, 5.41) is 6.47. The molecular formula is C15H31N3O2. The number of ether oxygens (including phenoxy) is 1. The average molecular weight is 285 g/mol. The maximum atomic E-state index is 11.9. The summed E-state index contributed by atoms with van der Waals surface area (Å²) in [6, 6.07) is 0.563. The van der Waals surface area contributed by atoms with Crippen molar-refractivity contribution >= 4 is 5.91 Å². The van der Waals surface area contributed by atoms with Crippen molar-refractivity contribution in [1.29, 1.82) is 0 Å². The minimum absolute atomic E-state index is 0.134. The molecule has 0 aliphatic carbocycles. The first kappa shape index (κ1) is 17.4. The number of hydrogen-bond acceptors (Lipinski definition) is 4. The summed E-state index contributed by atoms with van der Waals surface area (Å²) in [7, 11) is 1.68. The molecule has 0 aromatic rings. The van der Waals surface area contributed by atoms with Gasteiger partial charge in [0.05, 0.1) is 6.54 Å². The maximum Gasteiger partial charge on any atom is 0.234 e. The van der Waals surface area contributed by atoms with Crippen LogP contribution in [0.3, 0.4) is 0 Å². The first-order valence-electron chi connectivity index (χ1n) is 7.97. The molecule has 1 fully saturated rings. The predicted molar refractivity (Wildman–Crippen MR) is 81.9 cm³/mol. The third kappa shape index (κ3) is 7.82. The zero-order chi connectivity index (χ0) is 14.6. The second-order valence-electron chi connectivity index (χ2n) is 5.58. The molecule has 0 aromatic carbocycles. The fraction of sp³-hybridized carbons (Fsp3) is 0.933. The van der Waals surface area contributed by atoms with Gasteiger partial charge in [0.15, 0.2) is 0 Å². The van der Waals surface area contributed by atoms with Crippen LogP contribution >= 0.6 is 0 Å². The number of methoxy groups -OCH3 is 1. The van der Waals surface area contributed by atoms with Crippen LogP contribution in [0.15, 0.2) is 0 Å². The van der Waals surface area contributed by atoms with Crippen LogP contribution in [0.1, 0.15) is 39.0 Å². The molecule has 0 radical (unpaired) electrons. The highest BCUT2D eigenvalue weighted by molar-refractivity contribution is 5.77. The predicted octanol–water partition coefficient (Wildman–Crippen LogP) is 0.993. The lowest BCUT2D eigenvalue weighted by Gasteiger charge is -2.25. The van der Waals surface area contributed by atoms with Gasteiger partial charge in [-0.3, -0.25) is 9.69 Å². The smallest absolute Gasteiger partial charge is 0.234 e. The van der Waals surface area contributed by atoms with E-state index in [-0.39, 0.29) is 5.91 Å². The molecule has 1 rings (SSSR count). The van der Waals surface area contributed by atoms with Gasteiger partial charge < -0.3 is 15.4 Å². The Hall–Kier alpha value is -0.650. The van der Waals surface area contributed by atoms with E-state index in [1.807, 2.05) is 0 Å². The lowest BCUT2D eigenvalue weighted by molar-refractivity contribution is -0.122. The Labute approximate surface area is 123 Å². The van der Waals surface area contributed by atoms with Gasteiger partial charge in [0.2, 0.25) is 5.91 Å². The van der Waals surface area contributed by atoms with Crippen molar-refractivity contribution in [3.63, 3.8) is 0 Å². The van der Waals surface area contributed by atoms with Crippen LogP contribution in [-0.2, 0) is 9.53 Å². The van der Waals surface area contributed by atoms with Gasteiger partial charge in [-0.1, -0.05) is 13.3 Å². The molecule has 0 bridgehead atoms. The van der Waals surface area contributed by atoms with E-state index in [0.29, 0.717) is 25.7 Å². The largest absolute Gasteiger partial charge is 0.385 e. The zero-order valence-electron chi connectivity index (χ0n) is 13.1. The molecule has 0 saturated carbocycles. The average Bonchev–Trinajstić information content (AvgIpc) is 2.94. The van der Waals surface area contributed by atoms with Crippen LogP contribution in [0.2, 0.25) is 0 Å². The summed E-state index contributed by atoms with van der Waals surface area (Å²) in [5.74, 6) is 0.134. The summed E-state index contributed by atoms with van der Waals surface area (Å²) in [6.45, 7) is 7.24. The van der Waals surface area contributed by atoms with Crippen molar-refractivity contribution < 1.29 is 9.53 Å². The van der Waals surface area contributed by atoms with E-state index in [0.717, 1.165) is 32.5 Å². The van der Waals surface area contributed by atoms with Gasteiger partial charge in [0.1, 0.15) is 0 Å². The van der Waals surface area contributed by atoms with Crippen LogP contribution in [0.5, 0.6) is 0 Å². The maximum absolute atomic E-state index is 11.9. The summed E-state index contributed by atoms with van der Waals surface area (Å²) in [5.41, 5.74) is 0. The Balaban J connectivity index is 2.24. The minimum Gasteiger partial charge on any atom is -0.385 e. The molecule has 1 unspecified atom stereocenters. The highest BCUT2D eigenvalue weighted by atomic mass is 16.5. The summed E-state index contributed by atoms with van der Waals surface area (Å²) in [6.07, 6.45) is 5.70. The van der Waals surface area contributed by atoms with Gasteiger partial charge in [-0.05, 0) is 38.8 Å². The zero-order valence-corrected chi connectivity index (χ0v) is 13.1. The first-order chi connectivity index (χ1) is 9.76. The number of nitrogens with one attached hydrogen (secondary N) is 2. The molecule has 2 N–H and O–H groups in total. The number of unbranched alkanes of at least 4 members (excludes halogenated alkanes) is 1. The highest BCUT2D eigenvalue weighted by Gasteiger charge is 2.19. The van der Waals surface area contributed by atoms with E-state index in [1.54, 1.807) is 7.11 Å². The highest BCUT2D eigenvalue weighted by Crippen LogP contribution is 2.07. The normalized spacial score (nSPS) is 18.6. The van der Waals surface area contributed by atoms with Crippen LogP contribution < -0.4 is 10.6 Å². The van der Waals surface area contributed by atoms with Crippen molar-refractivity contribution in [2.75, 3.05) is 46.4 Å². The van der Waals surface area contributed by atoms with Crippen molar-refractivity contribution in [3.05, 3.63) is 0 Å². The van der Waals surface area contributed by atoms with Crippen LogP contribution in [0, 0.1) is 0 Å². The fourth-order valence-corrected chi connectivity index (χ4v) is 2.54. The number of carbonyl (C=O) groups is 1. The molecular weight excluding hydrogens is 254 g/mol. The number of carbonyl (C=O) groups excluding carboxylic acids is 1. The van der Waals surface area contributed by atoms with Crippen molar-refractivity contribution in [3.8, 4) is 0 Å². The third-order valence-electron chi connectivity index (χ3n) is 3.68. The molecule has 118 valence electrons. The van der Waals surface area contributed by atoms with E-state index in [2.05, 4.69) is 22.5 Å². The third-order valence-corrected chi connectivity index (χ3v) is 3.68. The van der Waals surface area contributed by atoms with Gasteiger partial charge in [0, 0.05) is 32.8 Å². The Morgan fingerprint density at radius 2 is 2.30 bits per heavy atom. The summed E-state index contributed by atoms with van der Waals surface area (Å²) < 4.78 is 4.98. The minimum atomic E-state index is 0.134. The van der Waals surface area contributed by atoms with E-state index < -0.39 is 0 Å². The molecule has 1 atom stereocenters. The quantitative estimate of drug-likeness (QED) is 0.556. The van der Waals surface area contributed by atoms with Crippen molar-refractivity contribution in [1.82, 2.24) is 15.5 Å². The first-order valence-corrected chi connectivity index (χ1v) is 7.97. The molecule has 0 aromatic heterocycles. The Morgan fingerprint density at radius 1 is 1.45 bits per heavy atom. The topological polar surface area (TPSA) is 53.6 Å². The monoisotopic (exact) mass is 285 g/mol. The second-order valence-corrected chi connectivity index (χ2v) is 5.58. The molecule has 1 heterocycles. The second kappa shape index (κ2) is 11.1. The Bertz CT molecular complexity index is 256.